The highest BCUT2D eigenvalue weighted by atomic mass is 28.4. The maximum Gasteiger partial charge on any atom is 0.509 e. The van der Waals surface area contributed by atoms with Crippen molar-refractivity contribution in [2.24, 2.45) is 0 Å². The predicted octanol–water partition coefficient (Wildman–Crippen LogP) is 3.57. The normalized spacial score (nSPS) is 12.4. The molecule has 0 aromatic carbocycles. The summed E-state index contributed by atoms with van der Waals surface area (Å²) in [5.74, 6) is 5.79. The second kappa shape index (κ2) is 6.44. The molecule has 4 nitrogen and oxygen atoms in total. The summed E-state index contributed by atoms with van der Waals surface area (Å²) in [5.41, 5.74) is -0.871. The van der Waals surface area contributed by atoms with Gasteiger partial charge in [-0.2, -0.15) is 0 Å². The van der Waals surface area contributed by atoms with E-state index in [0.717, 1.165) is 0 Å². The van der Waals surface area contributed by atoms with Crippen LogP contribution in [-0.2, 0) is 13.9 Å². The van der Waals surface area contributed by atoms with Crippen LogP contribution in [0, 0.1) is 11.8 Å². The van der Waals surface area contributed by atoms with E-state index >= 15 is 0 Å². The third kappa shape index (κ3) is 6.65. The Kier molecular flexibility index (Phi) is 6.11. The number of carbonyl (C=O) groups excluding carboxylic acids is 1. The van der Waals surface area contributed by atoms with Crippen molar-refractivity contribution in [2.45, 2.75) is 58.4 Å². The van der Waals surface area contributed by atoms with Crippen LogP contribution in [0.1, 0.15) is 34.6 Å². The lowest BCUT2D eigenvalue weighted by atomic mass is 10.1. The van der Waals surface area contributed by atoms with Crippen molar-refractivity contribution in [3.05, 3.63) is 0 Å². The van der Waals surface area contributed by atoms with Gasteiger partial charge in [0.2, 0.25) is 0 Å². The smallest absolute Gasteiger partial charge is 0.438 e. The zero-order valence-electron chi connectivity index (χ0n) is 13.3. The van der Waals surface area contributed by atoms with E-state index in [-0.39, 0.29) is 5.04 Å². The lowest BCUT2D eigenvalue weighted by Gasteiger charge is -2.35. The molecule has 0 saturated carbocycles. The van der Waals surface area contributed by atoms with E-state index < -0.39 is 20.1 Å². The van der Waals surface area contributed by atoms with Crippen molar-refractivity contribution in [1.29, 1.82) is 0 Å². The van der Waals surface area contributed by atoms with Crippen LogP contribution < -0.4 is 0 Å². The molecule has 0 bridgehead atoms. The van der Waals surface area contributed by atoms with Gasteiger partial charge in [0.1, 0.15) is 0 Å². The molecule has 0 aromatic rings. The van der Waals surface area contributed by atoms with Crippen molar-refractivity contribution in [3.8, 4) is 11.8 Å². The number of carbonyl (C=O) groups is 1. The summed E-state index contributed by atoms with van der Waals surface area (Å²) in [6.45, 7) is 14.7. The second-order valence-electron chi connectivity index (χ2n) is 6.42. The first-order valence-corrected chi connectivity index (χ1v) is 9.23. The van der Waals surface area contributed by atoms with Gasteiger partial charge in [0.25, 0.3) is 0 Å². The minimum atomic E-state index is -1.78. The molecule has 0 heterocycles. The molecule has 19 heavy (non-hydrogen) atoms. The molecular formula is C14H26O4Si. The quantitative estimate of drug-likeness (QED) is 0.452. The summed E-state index contributed by atoms with van der Waals surface area (Å²) in [6, 6.07) is 0. The summed E-state index contributed by atoms with van der Waals surface area (Å²) in [4.78, 5) is 11.0. The van der Waals surface area contributed by atoms with Gasteiger partial charge in [-0.15, -0.1) is 0 Å². The first-order chi connectivity index (χ1) is 8.41. The largest absolute Gasteiger partial charge is 0.509 e. The highest BCUT2D eigenvalue weighted by molar-refractivity contribution is 6.74. The van der Waals surface area contributed by atoms with Gasteiger partial charge in [0.05, 0.1) is 13.7 Å². The van der Waals surface area contributed by atoms with Crippen molar-refractivity contribution in [1.82, 2.24) is 0 Å². The molecule has 0 amide bonds. The first kappa shape index (κ1) is 18.0. The average Bonchev–Trinajstić information content (AvgIpc) is 2.22. The number of hydrogen-bond acceptors (Lipinski definition) is 4. The van der Waals surface area contributed by atoms with Crippen LogP contribution in [0.4, 0.5) is 4.79 Å². The first-order valence-electron chi connectivity index (χ1n) is 6.32. The zero-order valence-corrected chi connectivity index (χ0v) is 14.3. The van der Waals surface area contributed by atoms with Crippen LogP contribution in [-0.4, -0.2) is 33.8 Å². The van der Waals surface area contributed by atoms with Gasteiger partial charge in [-0.05, 0) is 32.0 Å². The molecule has 0 aromatic heterocycles. The van der Waals surface area contributed by atoms with Gasteiger partial charge in [-0.1, -0.05) is 32.6 Å². The minimum absolute atomic E-state index is 0.159. The summed E-state index contributed by atoms with van der Waals surface area (Å²) in [6.07, 6.45) is -0.732. The van der Waals surface area contributed by atoms with Crippen LogP contribution in [0.25, 0.3) is 0 Å². The second-order valence-corrected chi connectivity index (χ2v) is 11.2. The van der Waals surface area contributed by atoms with Gasteiger partial charge in [0, 0.05) is 0 Å². The standard InChI is InChI=1S/C14H26O4Si/c1-13(2,3)19(7,8)17-11-9-10-14(4,5)18-12(15)16-6/h11H2,1-8H3. The maximum absolute atomic E-state index is 11.0. The lowest BCUT2D eigenvalue weighted by molar-refractivity contribution is 0.0220. The van der Waals surface area contributed by atoms with E-state index in [0.29, 0.717) is 6.61 Å². The zero-order chi connectivity index (χ0) is 15.3. The summed E-state index contributed by atoms with van der Waals surface area (Å²) >= 11 is 0. The molecule has 0 N–H and O–H groups in total. The predicted molar refractivity (Wildman–Crippen MR) is 78.5 cm³/mol. The molecule has 0 radical (unpaired) electrons. The van der Waals surface area contributed by atoms with E-state index in [1.807, 2.05) is 0 Å². The minimum Gasteiger partial charge on any atom is -0.438 e. The highest BCUT2D eigenvalue weighted by Crippen LogP contribution is 2.36. The lowest BCUT2D eigenvalue weighted by Crippen LogP contribution is -2.40. The third-order valence-corrected chi connectivity index (χ3v) is 7.68. The van der Waals surface area contributed by atoms with Gasteiger partial charge in [0.15, 0.2) is 13.9 Å². The van der Waals surface area contributed by atoms with Gasteiger partial charge >= 0.3 is 6.16 Å². The molecule has 110 valence electrons. The molecule has 0 rings (SSSR count). The molecule has 0 aliphatic carbocycles. The SMILES string of the molecule is COC(=O)OC(C)(C)C#CCO[Si](C)(C)C(C)(C)C. The van der Waals surface area contributed by atoms with Gasteiger partial charge in [-0.25, -0.2) is 4.79 Å². The number of hydrogen-bond donors (Lipinski definition) is 0. The Morgan fingerprint density at radius 3 is 2.11 bits per heavy atom. The fourth-order valence-corrected chi connectivity index (χ4v) is 1.82. The van der Waals surface area contributed by atoms with Crippen LogP contribution >= 0.6 is 0 Å². The van der Waals surface area contributed by atoms with E-state index in [1.165, 1.54) is 7.11 Å². The summed E-state index contributed by atoms with van der Waals surface area (Å²) in [5, 5.41) is 0.159. The van der Waals surface area contributed by atoms with Crippen LogP contribution in [0.2, 0.25) is 18.1 Å². The van der Waals surface area contributed by atoms with Crippen LogP contribution in [0.3, 0.4) is 0 Å². The number of methoxy groups -OCH3 is 1. The highest BCUT2D eigenvalue weighted by Gasteiger charge is 2.36. The van der Waals surface area contributed by atoms with Gasteiger partial charge < -0.3 is 13.9 Å². The van der Waals surface area contributed by atoms with E-state index in [1.54, 1.807) is 13.8 Å². The van der Waals surface area contributed by atoms with Crippen LogP contribution in [0.15, 0.2) is 0 Å². The molecular weight excluding hydrogens is 260 g/mol. The average molecular weight is 286 g/mol. The van der Waals surface area contributed by atoms with Crippen molar-refractivity contribution < 1.29 is 18.7 Å². The van der Waals surface area contributed by atoms with E-state index in [9.17, 15) is 4.79 Å². The number of rotatable bonds is 3. The fourth-order valence-electron chi connectivity index (χ4n) is 0.957. The van der Waals surface area contributed by atoms with E-state index in [2.05, 4.69) is 50.4 Å². The molecule has 0 atom stereocenters. The Hall–Kier alpha value is -0.993. The Morgan fingerprint density at radius 2 is 1.68 bits per heavy atom. The molecule has 0 aliphatic heterocycles. The van der Waals surface area contributed by atoms with Crippen molar-refractivity contribution in [2.75, 3.05) is 13.7 Å². The summed E-state index contributed by atoms with van der Waals surface area (Å²) in [7, 11) is -0.505. The van der Waals surface area contributed by atoms with Gasteiger partial charge in [-0.3, -0.25) is 0 Å². The maximum atomic E-state index is 11.0. The Balaban J connectivity index is 4.44. The molecule has 5 heteroatoms. The molecule has 0 saturated heterocycles. The molecule has 0 unspecified atom stereocenters. The Morgan fingerprint density at radius 1 is 1.16 bits per heavy atom. The fraction of sp³-hybridized carbons (Fsp3) is 0.786. The topological polar surface area (TPSA) is 44.8 Å². The summed E-state index contributed by atoms with van der Waals surface area (Å²) < 4.78 is 15.4. The number of ether oxygens (including phenoxy) is 2. The monoisotopic (exact) mass is 286 g/mol. The molecule has 0 aliphatic rings. The third-order valence-electron chi connectivity index (χ3n) is 3.21. The van der Waals surface area contributed by atoms with Crippen molar-refractivity contribution >= 4 is 14.5 Å². The van der Waals surface area contributed by atoms with Crippen molar-refractivity contribution in [3.63, 3.8) is 0 Å². The van der Waals surface area contributed by atoms with E-state index in [4.69, 9.17) is 9.16 Å². The Labute approximate surface area is 117 Å². The Bertz CT molecular complexity index is 369. The molecule has 0 spiro atoms. The molecule has 0 fully saturated rings. The van der Waals surface area contributed by atoms with Crippen LogP contribution in [0.5, 0.6) is 0 Å².